The Labute approximate surface area is 111 Å². The molecule has 1 aliphatic rings. The molecular weight excluding hydrogens is 246 g/mol. The Morgan fingerprint density at radius 1 is 1.37 bits per heavy atom. The highest BCUT2D eigenvalue weighted by Gasteiger charge is 2.30. The van der Waals surface area contributed by atoms with Crippen LogP contribution in [0.4, 0.5) is 0 Å². The fourth-order valence-electron chi connectivity index (χ4n) is 2.26. The summed E-state index contributed by atoms with van der Waals surface area (Å²) in [7, 11) is 0. The molecule has 1 aliphatic carbocycles. The number of fused-ring (bicyclic) bond motifs is 1. The molecule has 0 aliphatic heterocycles. The van der Waals surface area contributed by atoms with Crippen LogP contribution in [-0.4, -0.2) is 34.2 Å². The maximum Gasteiger partial charge on any atom is 0.337 e. The van der Waals surface area contributed by atoms with Crippen molar-refractivity contribution in [3.63, 3.8) is 0 Å². The molecule has 0 heterocycles. The van der Waals surface area contributed by atoms with Crippen molar-refractivity contribution in [3.05, 3.63) is 34.9 Å². The zero-order valence-electron chi connectivity index (χ0n) is 10.8. The lowest BCUT2D eigenvalue weighted by molar-refractivity contribution is -0.155. The summed E-state index contributed by atoms with van der Waals surface area (Å²) in [4.78, 5) is 22.8. The molecule has 1 unspecified atom stereocenters. The van der Waals surface area contributed by atoms with Crippen LogP contribution >= 0.6 is 0 Å². The number of carbonyl (C=O) groups is 2. The molecule has 0 saturated heterocycles. The Morgan fingerprint density at radius 3 is 2.79 bits per heavy atom. The number of carboxylic acids is 1. The first kappa shape index (κ1) is 13.5. The van der Waals surface area contributed by atoms with Gasteiger partial charge in [-0.25, -0.2) is 4.79 Å². The standard InChI is InChI=1S/C14H17NO4/c1-14(19,13(17)18)8-15-12(16)11-7-3-5-9-4-2-6-10(9)11/h3,5,7,19H,2,4,6,8H2,1H3,(H,15,16)(H,17,18). The van der Waals surface area contributed by atoms with Crippen molar-refractivity contribution in [2.45, 2.75) is 31.8 Å². The average Bonchev–Trinajstić information content (AvgIpc) is 2.83. The Morgan fingerprint density at radius 2 is 2.11 bits per heavy atom. The smallest absolute Gasteiger partial charge is 0.337 e. The third kappa shape index (κ3) is 2.76. The molecule has 1 aromatic rings. The normalized spacial score (nSPS) is 16.5. The highest BCUT2D eigenvalue weighted by Crippen LogP contribution is 2.25. The number of hydrogen-bond donors (Lipinski definition) is 3. The largest absolute Gasteiger partial charge is 0.479 e. The van der Waals surface area contributed by atoms with Gasteiger partial charge in [-0.1, -0.05) is 12.1 Å². The summed E-state index contributed by atoms with van der Waals surface area (Å²) >= 11 is 0. The van der Waals surface area contributed by atoms with Crippen LogP contribution < -0.4 is 5.32 Å². The van der Waals surface area contributed by atoms with Crippen LogP contribution in [0.2, 0.25) is 0 Å². The Bertz CT molecular complexity index is 522. The van der Waals surface area contributed by atoms with Crippen LogP contribution in [0.3, 0.4) is 0 Å². The first-order valence-corrected chi connectivity index (χ1v) is 6.26. The van der Waals surface area contributed by atoms with Gasteiger partial charge in [-0.15, -0.1) is 0 Å². The Balaban J connectivity index is 2.10. The lowest BCUT2D eigenvalue weighted by atomic mass is 10.0. The molecule has 1 aromatic carbocycles. The topological polar surface area (TPSA) is 86.6 Å². The average molecular weight is 263 g/mol. The summed E-state index contributed by atoms with van der Waals surface area (Å²) in [5.74, 6) is -1.69. The van der Waals surface area contributed by atoms with Crippen molar-refractivity contribution in [1.82, 2.24) is 5.32 Å². The van der Waals surface area contributed by atoms with Crippen LogP contribution in [0.25, 0.3) is 0 Å². The molecule has 5 nitrogen and oxygen atoms in total. The minimum atomic E-state index is -1.95. The zero-order valence-corrected chi connectivity index (χ0v) is 10.8. The highest BCUT2D eigenvalue weighted by molar-refractivity contribution is 5.96. The van der Waals surface area contributed by atoms with Gasteiger partial charge in [-0.2, -0.15) is 0 Å². The lowest BCUT2D eigenvalue weighted by Crippen LogP contribution is -2.46. The van der Waals surface area contributed by atoms with E-state index in [1.54, 1.807) is 6.07 Å². The molecule has 0 saturated carbocycles. The summed E-state index contributed by atoms with van der Waals surface area (Å²) in [5.41, 5.74) is 0.844. The Hall–Kier alpha value is -1.88. The van der Waals surface area contributed by atoms with Gasteiger partial charge in [0.15, 0.2) is 5.60 Å². The van der Waals surface area contributed by atoms with E-state index in [1.807, 2.05) is 12.1 Å². The summed E-state index contributed by atoms with van der Waals surface area (Å²) < 4.78 is 0. The van der Waals surface area contributed by atoms with Crippen LogP contribution in [-0.2, 0) is 17.6 Å². The first-order valence-electron chi connectivity index (χ1n) is 6.26. The van der Waals surface area contributed by atoms with E-state index in [0.717, 1.165) is 31.7 Å². The van der Waals surface area contributed by atoms with Gasteiger partial charge < -0.3 is 15.5 Å². The van der Waals surface area contributed by atoms with Gasteiger partial charge in [0.1, 0.15) is 0 Å². The van der Waals surface area contributed by atoms with Gasteiger partial charge in [0.05, 0.1) is 6.54 Å². The number of rotatable bonds is 4. The van der Waals surface area contributed by atoms with E-state index in [4.69, 9.17) is 5.11 Å². The second-order valence-electron chi connectivity index (χ2n) is 5.06. The molecule has 0 radical (unpaired) electrons. The second-order valence-corrected chi connectivity index (χ2v) is 5.06. The maximum atomic E-state index is 12.1. The number of nitrogens with one attached hydrogen (secondary N) is 1. The molecule has 19 heavy (non-hydrogen) atoms. The van der Waals surface area contributed by atoms with E-state index in [-0.39, 0.29) is 12.5 Å². The molecule has 0 bridgehead atoms. The number of hydrogen-bond acceptors (Lipinski definition) is 3. The number of carbonyl (C=O) groups excluding carboxylic acids is 1. The summed E-state index contributed by atoms with van der Waals surface area (Å²) in [6.45, 7) is 0.843. The quantitative estimate of drug-likeness (QED) is 0.748. The van der Waals surface area contributed by atoms with Gasteiger partial charge in [0, 0.05) is 5.56 Å². The number of aliphatic carboxylic acids is 1. The van der Waals surface area contributed by atoms with E-state index in [1.165, 1.54) is 5.56 Å². The fraction of sp³-hybridized carbons (Fsp3) is 0.429. The summed E-state index contributed by atoms with van der Waals surface area (Å²) in [6, 6.07) is 5.57. The van der Waals surface area contributed by atoms with Crippen molar-refractivity contribution in [3.8, 4) is 0 Å². The van der Waals surface area contributed by atoms with Gasteiger partial charge >= 0.3 is 5.97 Å². The number of aryl methyl sites for hydroxylation is 1. The second kappa shape index (κ2) is 5.01. The van der Waals surface area contributed by atoms with Gasteiger partial charge in [-0.05, 0) is 43.4 Å². The van der Waals surface area contributed by atoms with E-state index in [2.05, 4.69) is 5.32 Å². The minimum absolute atomic E-state index is 0.315. The SMILES string of the molecule is CC(O)(CNC(=O)c1cccc2c1CCC2)C(=O)O. The monoisotopic (exact) mass is 263 g/mol. The lowest BCUT2D eigenvalue weighted by Gasteiger charge is -2.18. The molecule has 1 atom stereocenters. The van der Waals surface area contributed by atoms with Gasteiger partial charge in [0.2, 0.25) is 0 Å². The van der Waals surface area contributed by atoms with Gasteiger partial charge in [-0.3, -0.25) is 4.79 Å². The minimum Gasteiger partial charge on any atom is -0.479 e. The van der Waals surface area contributed by atoms with E-state index in [9.17, 15) is 14.7 Å². The van der Waals surface area contributed by atoms with Crippen LogP contribution in [0.5, 0.6) is 0 Å². The molecule has 0 aromatic heterocycles. The summed E-state index contributed by atoms with van der Waals surface area (Å²) in [6.07, 6.45) is 2.88. The fourth-order valence-corrected chi connectivity index (χ4v) is 2.26. The van der Waals surface area contributed by atoms with Crippen molar-refractivity contribution in [2.24, 2.45) is 0 Å². The highest BCUT2D eigenvalue weighted by atomic mass is 16.4. The maximum absolute atomic E-state index is 12.1. The molecule has 102 valence electrons. The third-order valence-electron chi connectivity index (χ3n) is 3.44. The van der Waals surface area contributed by atoms with Crippen LogP contribution in [0.15, 0.2) is 18.2 Å². The number of carboxylic acid groups (broad SMARTS) is 1. The predicted molar refractivity (Wildman–Crippen MR) is 69.1 cm³/mol. The number of benzene rings is 1. The zero-order chi connectivity index (χ0) is 14.0. The van der Waals surface area contributed by atoms with Crippen LogP contribution in [0, 0.1) is 0 Å². The molecule has 1 amide bonds. The van der Waals surface area contributed by atoms with Crippen LogP contribution in [0.1, 0.15) is 34.8 Å². The molecule has 5 heteroatoms. The van der Waals surface area contributed by atoms with E-state index in [0.29, 0.717) is 5.56 Å². The Kier molecular flexibility index (Phi) is 3.57. The van der Waals surface area contributed by atoms with Gasteiger partial charge in [0.25, 0.3) is 5.91 Å². The molecule has 0 fully saturated rings. The predicted octanol–water partition coefficient (Wildman–Crippen LogP) is 0.741. The van der Waals surface area contributed by atoms with Crippen molar-refractivity contribution >= 4 is 11.9 Å². The number of amides is 1. The third-order valence-corrected chi connectivity index (χ3v) is 3.44. The molecule has 3 N–H and O–H groups in total. The number of aliphatic hydroxyl groups is 1. The van der Waals surface area contributed by atoms with Crippen molar-refractivity contribution in [2.75, 3.05) is 6.54 Å². The molecule has 2 rings (SSSR count). The first-order chi connectivity index (χ1) is 8.92. The summed E-state index contributed by atoms with van der Waals surface area (Å²) in [5, 5.41) is 20.8. The van der Waals surface area contributed by atoms with E-state index < -0.39 is 11.6 Å². The van der Waals surface area contributed by atoms with E-state index >= 15 is 0 Å². The molecular formula is C14H17NO4. The molecule has 0 spiro atoms. The van der Waals surface area contributed by atoms with Crippen molar-refractivity contribution in [1.29, 1.82) is 0 Å². The van der Waals surface area contributed by atoms with Crippen molar-refractivity contribution < 1.29 is 19.8 Å².